The van der Waals surface area contributed by atoms with Gasteiger partial charge in [-0.2, -0.15) is 0 Å². The summed E-state index contributed by atoms with van der Waals surface area (Å²) in [5, 5.41) is 10.6. The molecular weight excluding hydrogens is 131 g/mol. The molecule has 0 aromatic heterocycles. The van der Waals surface area contributed by atoms with Crippen molar-refractivity contribution in [2.45, 2.75) is 6.92 Å². The van der Waals surface area contributed by atoms with Crippen LogP contribution in [0.3, 0.4) is 0 Å². The summed E-state index contributed by atoms with van der Waals surface area (Å²) >= 11 is 0. The van der Waals surface area contributed by atoms with Crippen LogP contribution in [0.25, 0.3) is 5.76 Å². The maximum atomic E-state index is 10.6. The van der Waals surface area contributed by atoms with Gasteiger partial charge in [-0.05, 0) is 12.5 Å². The van der Waals surface area contributed by atoms with Gasteiger partial charge in [-0.1, -0.05) is 29.8 Å². The van der Waals surface area contributed by atoms with Crippen LogP contribution in [0.4, 0.5) is 0 Å². The molecule has 0 bridgehead atoms. The quantitative estimate of drug-likeness (QED) is 0.338. The second-order valence-electron chi connectivity index (χ2n) is 2.29. The van der Waals surface area contributed by atoms with Crippen molar-refractivity contribution >= 4 is 5.76 Å². The fourth-order valence-electron chi connectivity index (χ4n) is 0.739. The van der Waals surface area contributed by atoms with Crippen LogP contribution in [0.15, 0.2) is 30.8 Å². The second kappa shape index (κ2) is 4.28. The van der Waals surface area contributed by atoms with Crippen LogP contribution in [-0.2, 0) is 0 Å². The Balaban J connectivity index is 0.000001000. The van der Waals surface area contributed by atoms with Gasteiger partial charge in [-0.3, -0.25) is 0 Å². The van der Waals surface area contributed by atoms with Crippen molar-refractivity contribution in [1.29, 1.82) is 0 Å². The molecule has 0 saturated carbocycles. The fourth-order valence-corrected chi connectivity index (χ4v) is 0.739. The first kappa shape index (κ1) is 10.4. The molecule has 0 unspecified atom stereocenters. The van der Waals surface area contributed by atoms with E-state index in [4.69, 9.17) is 0 Å². The van der Waals surface area contributed by atoms with Gasteiger partial charge < -0.3 is 5.11 Å². The van der Waals surface area contributed by atoms with E-state index in [1.807, 2.05) is 19.1 Å². The van der Waals surface area contributed by atoms with Crippen molar-refractivity contribution in [3.63, 3.8) is 0 Å². The van der Waals surface area contributed by atoms with Gasteiger partial charge in [0.2, 0.25) is 0 Å². The maximum absolute atomic E-state index is 10.6. The Kier molecular flexibility index (Phi) is 4.03. The molecule has 0 N–H and O–H groups in total. The summed E-state index contributed by atoms with van der Waals surface area (Å²) in [6.45, 7) is 5.28. The predicted molar refractivity (Wildman–Crippen MR) is 40.2 cm³/mol. The van der Waals surface area contributed by atoms with E-state index in [1.54, 1.807) is 12.1 Å². The van der Waals surface area contributed by atoms with Gasteiger partial charge in [0, 0.05) is 0 Å². The van der Waals surface area contributed by atoms with E-state index in [0.29, 0.717) is 5.56 Å². The molecule has 0 spiro atoms. The number of aryl methyl sites for hydroxylation is 1. The van der Waals surface area contributed by atoms with E-state index in [-0.39, 0.29) is 24.6 Å². The largest absolute Gasteiger partial charge is 1.00 e. The van der Waals surface area contributed by atoms with Gasteiger partial charge in [0.05, 0.1) is 0 Å². The molecule has 0 heterocycles. The first-order chi connectivity index (χ1) is 4.70. The van der Waals surface area contributed by atoms with Crippen molar-refractivity contribution in [2.24, 2.45) is 0 Å². The van der Waals surface area contributed by atoms with Crippen molar-refractivity contribution in [3.05, 3.63) is 42.0 Å². The topological polar surface area (TPSA) is 23.1 Å². The Morgan fingerprint density at radius 2 is 1.73 bits per heavy atom. The minimum atomic E-state index is -0.125. The summed E-state index contributed by atoms with van der Waals surface area (Å²) in [6, 6.07) is 7.37. The molecule has 0 aliphatic rings. The molecule has 0 fully saturated rings. The molecule has 0 radical (unpaired) electrons. The zero-order valence-corrected chi connectivity index (χ0v) is 6.92. The molecule has 1 rings (SSSR count). The van der Waals surface area contributed by atoms with Crippen LogP contribution >= 0.6 is 0 Å². The fraction of sp³-hybridized carbons (Fsp3) is 0.111. The molecule has 1 aromatic carbocycles. The monoisotopic (exact) mass is 140 g/mol. The van der Waals surface area contributed by atoms with Gasteiger partial charge in [-0.25, -0.2) is 0 Å². The minimum Gasteiger partial charge on any atom is -0.872 e. The molecule has 0 aliphatic heterocycles. The summed E-state index contributed by atoms with van der Waals surface area (Å²) < 4.78 is 0. The van der Waals surface area contributed by atoms with Crippen molar-refractivity contribution in [2.75, 3.05) is 0 Å². The number of rotatable bonds is 1. The summed E-state index contributed by atoms with van der Waals surface area (Å²) in [6.07, 6.45) is 0. The zero-order chi connectivity index (χ0) is 7.56. The second-order valence-corrected chi connectivity index (χ2v) is 2.29. The first-order valence-corrected chi connectivity index (χ1v) is 3.13. The van der Waals surface area contributed by atoms with E-state index in [2.05, 4.69) is 6.58 Å². The Labute approximate surface area is 78.9 Å². The molecule has 0 saturated heterocycles. The first-order valence-electron chi connectivity index (χ1n) is 3.13. The van der Waals surface area contributed by atoms with Gasteiger partial charge in [0.1, 0.15) is 0 Å². The van der Waals surface area contributed by atoms with Crippen LogP contribution in [0, 0.1) is 6.92 Å². The van der Waals surface area contributed by atoms with Crippen molar-refractivity contribution in [1.82, 2.24) is 0 Å². The number of hydrogen-bond donors (Lipinski definition) is 0. The van der Waals surface area contributed by atoms with Gasteiger partial charge >= 0.3 is 18.9 Å². The standard InChI is InChI=1S/C9H10O.Li/c1-7-3-5-9(6-4-7)8(2)10;/h3-6,10H,2H2,1H3;/q;+1/p-1. The van der Waals surface area contributed by atoms with Crippen LogP contribution in [-0.4, -0.2) is 0 Å². The van der Waals surface area contributed by atoms with Gasteiger partial charge in [0.25, 0.3) is 0 Å². The summed E-state index contributed by atoms with van der Waals surface area (Å²) in [4.78, 5) is 0. The summed E-state index contributed by atoms with van der Waals surface area (Å²) in [5.41, 5.74) is 1.83. The maximum Gasteiger partial charge on any atom is 1.00 e. The van der Waals surface area contributed by atoms with E-state index < -0.39 is 0 Å². The third kappa shape index (κ3) is 2.84. The molecule has 0 amide bonds. The Morgan fingerprint density at radius 3 is 2.09 bits per heavy atom. The normalized spacial score (nSPS) is 8.45. The summed E-state index contributed by atoms with van der Waals surface area (Å²) in [7, 11) is 0. The zero-order valence-electron chi connectivity index (χ0n) is 6.92. The molecule has 1 aromatic rings. The molecule has 2 heteroatoms. The minimum absolute atomic E-state index is 0. The van der Waals surface area contributed by atoms with Crippen molar-refractivity contribution in [3.8, 4) is 0 Å². The summed E-state index contributed by atoms with van der Waals surface area (Å²) in [5.74, 6) is -0.125. The van der Waals surface area contributed by atoms with E-state index >= 15 is 0 Å². The van der Waals surface area contributed by atoms with Gasteiger partial charge in [0.15, 0.2) is 0 Å². The van der Waals surface area contributed by atoms with Crippen LogP contribution in [0.5, 0.6) is 0 Å². The SMILES string of the molecule is C=C([O-])c1ccc(C)cc1.[Li+]. The Bertz CT molecular complexity index is 238. The van der Waals surface area contributed by atoms with Gasteiger partial charge in [-0.15, -0.1) is 12.3 Å². The molecule has 0 aliphatic carbocycles. The predicted octanol–water partition coefficient (Wildman–Crippen LogP) is -1.67. The van der Waals surface area contributed by atoms with E-state index in [1.165, 1.54) is 0 Å². The van der Waals surface area contributed by atoms with Crippen molar-refractivity contribution < 1.29 is 24.0 Å². The van der Waals surface area contributed by atoms with E-state index in [0.717, 1.165) is 5.56 Å². The molecule has 52 valence electrons. The number of benzene rings is 1. The third-order valence-electron chi connectivity index (χ3n) is 1.37. The average Bonchev–Trinajstić information content (AvgIpc) is 1.88. The Morgan fingerprint density at radius 1 is 1.27 bits per heavy atom. The molecule has 0 atom stereocenters. The molecule has 1 nitrogen and oxygen atoms in total. The van der Waals surface area contributed by atoms with E-state index in [9.17, 15) is 5.11 Å². The van der Waals surface area contributed by atoms with Crippen LogP contribution < -0.4 is 24.0 Å². The molecular formula is C9H9LiO. The van der Waals surface area contributed by atoms with Crippen LogP contribution in [0.1, 0.15) is 11.1 Å². The Hall–Kier alpha value is -0.643. The average molecular weight is 140 g/mol. The smallest absolute Gasteiger partial charge is 0.872 e. The van der Waals surface area contributed by atoms with Crippen LogP contribution in [0.2, 0.25) is 0 Å². The number of hydrogen-bond acceptors (Lipinski definition) is 1. The molecule has 11 heavy (non-hydrogen) atoms. The third-order valence-corrected chi connectivity index (χ3v) is 1.37.